The van der Waals surface area contributed by atoms with Crippen molar-refractivity contribution in [2.45, 2.75) is 45.5 Å². The van der Waals surface area contributed by atoms with Crippen LogP contribution in [0.4, 0.5) is 4.79 Å². The quantitative estimate of drug-likeness (QED) is 0.742. The number of carbonyl (C=O) groups excluding carboxylic acids is 1. The third-order valence-electron chi connectivity index (χ3n) is 2.82. The van der Waals surface area contributed by atoms with Crippen LogP contribution in [0.1, 0.15) is 25.6 Å². The predicted molar refractivity (Wildman–Crippen MR) is 76.6 cm³/mol. The molecule has 0 aliphatic rings. The highest BCUT2D eigenvalue weighted by atomic mass is 32.1. The van der Waals surface area contributed by atoms with Crippen molar-refractivity contribution in [1.82, 2.24) is 10.2 Å². The van der Waals surface area contributed by atoms with E-state index in [-0.39, 0.29) is 6.04 Å². The van der Waals surface area contributed by atoms with Crippen molar-refractivity contribution in [3.63, 3.8) is 0 Å². The van der Waals surface area contributed by atoms with Crippen LogP contribution in [0, 0.1) is 0 Å². The first kappa shape index (κ1) is 16.5. The molecule has 0 aromatic carbocycles. The molecule has 2 unspecified atom stereocenters. The van der Waals surface area contributed by atoms with Crippen LogP contribution < -0.4 is 5.32 Å². The van der Waals surface area contributed by atoms with Gasteiger partial charge in [0.2, 0.25) is 0 Å². The molecule has 0 spiro atoms. The molecule has 112 valence electrons. The second-order valence-corrected chi connectivity index (χ2v) is 5.84. The van der Waals surface area contributed by atoms with Gasteiger partial charge in [-0.25, -0.2) is 9.59 Å². The molecule has 0 bridgehead atoms. The average molecular weight is 300 g/mol. The minimum absolute atomic E-state index is 0.0828. The molecule has 6 nitrogen and oxygen atoms in total. The van der Waals surface area contributed by atoms with Gasteiger partial charge in [-0.15, -0.1) is 11.3 Å². The SMILES string of the molecule is CC(O)C(NC(=O)N(Cc1cccs1)C(C)C)C(=O)O. The van der Waals surface area contributed by atoms with Crippen LogP contribution in [0.5, 0.6) is 0 Å². The number of carboxylic acid groups (broad SMARTS) is 1. The number of urea groups is 1. The molecule has 20 heavy (non-hydrogen) atoms. The lowest BCUT2D eigenvalue weighted by Gasteiger charge is -2.28. The number of hydrogen-bond donors (Lipinski definition) is 3. The summed E-state index contributed by atoms with van der Waals surface area (Å²) in [5.41, 5.74) is 0. The van der Waals surface area contributed by atoms with Gasteiger partial charge in [-0.3, -0.25) is 0 Å². The lowest BCUT2D eigenvalue weighted by Crippen LogP contribution is -2.53. The molecule has 1 rings (SSSR count). The first-order chi connectivity index (χ1) is 9.32. The molecule has 0 aliphatic heterocycles. The van der Waals surface area contributed by atoms with Crippen LogP contribution in [0.3, 0.4) is 0 Å². The van der Waals surface area contributed by atoms with Crippen molar-refractivity contribution in [1.29, 1.82) is 0 Å². The van der Waals surface area contributed by atoms with Crippen LogP contribution in [-0.2, 0) is 11.3 Å². The van der Waals surface area contributed by atoms with Crippen molar-refractivity contribution in [3.05, 3.63) is 22.4 Å². The van der Waals surface area contributed by atoms with Gasteiger partial charge in [0.05, 0.1) is 12.6 Å². The van der Waals surface area contributed by atoms with E-state index in [1.165, 1.54) is 23.2 Å². The molecule has 0 fully saturated rings. The van der Waals surface area contributed by atoms with E-state index >= 15 is 0 Å². The van der Waals surface area contributed by atoms with E-state index in [9.17, 15) is 14.7 Å². The number of hydrogen-bond acceptors (Lipinski definition) is 4. The molecule has 1 aromatic heterocycles. The smallest absolute Gasteiger partial charge is 0.328 e. The number of aliphatic hydroxyl groups excluding tert-OH is 1. The van der Waals surface area contributed by atoms with Crippen LogP contribution in [0.2, 0.25) is 0 Å². The van der Waals surface area contributed by atoms with Gasteiger partial charge in [-0.05, 0) is 32.2 Å². The number of carboxylic acids is 1. The van der Waals surface area contributed by atoms with Gasteiger partial charge in [-0.2, -0.15) is 0 Å². The standard InChI is InChI=1S/C13H20N2O4S/c1-8(2)15(7-10-5-4-6-20-10)13(19)14-11(9(3)16)12(17)18/h4-6,8-9,11,16H,7H2,1-3H3,(H,14,19)(H,17,18). The highest BCUT2D eigenvalue weighted by Crippen LogP contribution is 2.14. The Morgan fingerprint density at radius 3 is 2.45 bits per heavy atom. The topological polar surface area (TPSA) is 89.9 Å². The maximum atomic E-state index is 12.2. The maximum absolute atomic E-state index is 12.2. The Hall–Kier alpha value is -1.60. The van der Waals surface area contributed by atoms with Crippen molar-refractivity contribution < 1.29 is 19.8 Å². The summed E-state index contributed by atoms with van der Waals surface area (Å²) in [7, 11) is 0. The number of rotatable bonds is 6. The summed E-state index contributed by atoms with van der Waals surface area (Å²) in [5, 5.41) is 22.6. The molecular weight excluding hydrogens is 280 g/mol. The second kappa shape index (κ2) is 7.25. The van der Waals surface area contributed by atoms with Crippen molar-refractivity contribution in [3.8, 4) is 0 Å². The van der Waals surface area contributed by atoms with Crippen LogP contribution in [-0.4, -0.2) is 45.3 Å². The minimum Gasteiger partial charge on any atom is -0.480 e. The highest BCUT2D eigenvalue weighted by molar-refractivity contribution is 7.09. The summed E-state index contributed by atoms with van der Waals surface area (Å²) < 4.78 is 0. The zero-order valence-corrected chi connectivity index (χ0v) is 12.6. The molecular formula is C13H20N2O4S. The third kappa shape index (κ3) is 4.50. The lowest BCUT2D eigenvalue weighted by atomic mass is 10.2. The van der Waals surface area contributed by atoms with Crippen LogP contribution in [0.15, 0.2) is 17.5 Å². The minimum atomic E-state index is -1.31. The Balaban J connectivity index is 2.76. The molecule has 0 saturated heterocycles. The van der Waals surface area contributed by atoms with Crippen molar-refractivity contribution in [2.75, 3.05) is 0 Å². The van der Waals surface area contributed by atoms with E-state index in [0.717, 1.165) is 4.88 Å². The Morgan fingerprint density at radius 1 is 1.40 bits per heavy atom. The maximum Gasteiger partial charge on any atom is 0.328 e. The van der Waals surface area contributed by atoms with Gasteiger partial charge in [0.25, 0.3) is 0 Å². The summed E-state index contributed by atoms with van der Waals surface area (Å²) in [5.74, 6) is -1.26. The molecule has 2 atom stereocenters. The monoisotopic (exact) mass is 300 g/mol. The lowest BCUT2D eigenvalue weighted by molar-refractivity contribution is -0.141. The van der Waals surface area contributed by atoms with E-state index in [4.69, 9.17) is 5.11 Å². The number of thiophene rings is 1. The van der Waals surface area contributed by atoms with Gasteiger partial charge in [0.1, 0.15) is 0 Å². The van der Waals surface area contributed by atoms with E-state index in [0.29, 0.717) is 6.54 Å². The summed E-state index contributed by atoms with van der Waals surface area (Å²) in [4.78, 5) is 25.7. The Labute approximate surface area is 122 Å². The molecule has 0 aliphatic carbocycles. The third-order valence-corrected chi connectivity index (χ3v) is 3.68. The number of nitrogens with zero attached hydrogens (tertiary/aromatic N) is 1. The van der Waals surface area contributed by atoms with Gasteiger partial charge >= 0.3 is 12.0 Å². The van der Waals surface area contributed by atoms with Crippen LogP contribution >= 0.6 is 11.3 Å². The van der Waals surface area contributed by atoms with Gasteiger partial charge in [-0.1, -0.05) is 6.07 Å². The predicted octanol–water partition coefficient (Wildman–Crippen LogP) is 1.50. The van der Waals surface area contributed by atoms with Gasteiger partial charge < -0.3 is 20.4 Å². The summed E-state index contributed by atoms with van der Waals surface area (Å²) >= 11 is 1.53. The normalized spacial score (nSPS) is 13.8. The van der Waals surface area contributed by atoms with Crippen LogP contribution in [0.25, 0.3) is 0 Å². The number of aliphatic carboxylic acids is 1. The fourth-order valence-electron chi connectivity index (χ4n) is 1.66. The fourth-order valence-corrected chi connectivity index (χ4v) is 2.37. The summed E-state index contributed by atoms with van der Waals surface area (Å²) in [6.07, 6.45) is -1.16. The van der Waals surface area contributed by atoms with Crippen molar-refractivity contribution in [2.24, 2.45) is 0 Å². The van der Waals surface area contributed by atoms with Gasteiger partial charge in [0, 0.05) is 10.9 Å². The second-order valence-electron chi connectivity index (χ2n) is 4.81. The average Bonchev–Trinajstić information content (AvgIpc) is 2.84. The summed E-state index contributed by atoms with van der Waals surface area (Å²) in [6.45, 7) is 5.45. The molecule has 2 amide bonds. The van der Waals surface area contributed by atoms with Crippen molar-refractivity contribution >= 4 is 23.3 Å². The Kier molecular flexibility index (Phi) is 5.97. The number of carbonyl (C=O) groups is 2. The van der Waals surface area contributed by atoms with Gasteiger partial charge in [0.15, 0.2) is 6.04 Å². The number of aliphatic hydroxyl groups is 1. The zero-order valence-electron chi connectivity index (χ0n) is 11.7. The van der Waals surface area contributed by atoms with E-state index in [1.54, 1.807) is 0 Å². The molecule has 3 N–H and O–H groups in total. The van der Waals surface area contributed by atoms with E-state index in [2.05, 4.69) is 5.32 Å². The van der Waals surface area contributed by atoms with E-state index < -0.39 is 24.1 Å². The Morgan fingerprint density at radius 2 is 2.05 bits per heavy atom. The molecule has 7 heteroatoms. The number of nitrogens with one attached hydrogen (secondary N) is 1. The first-order valence-electron chi connectivity index (χ1n) is 6.33. The largest absolute Gasteiger partial charge is 0.480 e. The highest BCUT2D eigenvalue weighted by Gasteiger charge is 2.28. The fraction of sp³-hybridized carbons (Fsp3) is 0.538. The molecule has 0 radical (unpaired) electrons. The zero-order chi connectivity index (χ0) is 15.3. The molecule has 1 aromatic rings. The molecule has 0 saturated carbocycles. The van der Waals surface area contributed by atoms with E-state index in [1.807, 2.05) is 31.4 Å². The summed E-state index contributed by atoms with van der Waals surface area (Å²) in [6, 6.07) is 1.91. The first-order valence-corrected chi connectivity index (χ1v) is 7.21. The Bertz CT molecular complexity index is 445. The number of amides is 2. The molecule has 1 heterocycles.